The summed E-state index contributed by atoms with van der Waals surface area (Å²) in [5.41, 5.74) is 0.646. The van der Waals surface area contributed by atoms with Gasteiger partial charge >= 0.3 is 0 Å². The second-order valence-electron chi connectivity index (χ2n) is 6.36. The van der Waals surface area contributed by atoms with E-state index in [2.05, 4.69) is 32.9 Å². The second kappa shape index (κ2) is 3.93. The van der Waals surface area contributed by atoms with Crippen molar-refractivity contribution in [2.45, 2.75) is 58.5 Å². The van der Waals surface area contributed by atoms with Crippen LogP contribution in [0.4, 0.5) is 0 Å². The molecule has 86 valence electrons. The van der Waals surface area contributed by atoms with Gasteiger partial charge in [0, 0.05) is 0 Å². The lowest BCUT2D eigenvalue weighted by atomic mass is 9.64. The molecule has 1 aliphatic carbocycles. The molecule has 0 aromatic carbocycles. The number of allylic oxidation sites excluding steroid dienone is 1. The van der Waals surface area contributed by atoms with Crippen LogP contribution in [0.25, 0.3) is 0 Å². The van der Waals surface area contributed by atoms with Gasteiger partial charge in [0.15, 0.2) is 0 Å². The van der Waals surface area contributed by atoms with Crippen molar-refractivity contribution in [3.8, 4) is 0 Å². The van der Waals surface area contributed by atoms with E-state index in [1.165, 1.54) is 32.1 Å². The van der Waals surface area contributed by atoms with Crippen LogP contribution in [0.5, 0.6) is 0 Å². The van der Waals surface area contributed by atoms with E-state index >= 15 is 0 Å². The molecule has 0 radical (unpaired) electrons. The van der Waals surface area contributed by atoms with E-state index < -0.39 is 0 Å². The molecule has 1 aliphatic heterocycles. The van der Waals surface area contributed by atoms with Crippen LogP contribution in [-0.2, 0) is 4.74 Å². The molecular weight excluding hydrogens is 184 g/mol. The highest BCUT2D eigenvalue weighted by Gasteiger charge is 2.43. The van der Waals surface area contributed by atoms with Crippen molar-refractivity contribution < 1.29 is 4.74 Å². The SMILES string of the molecule is C[C@@H]1CC(C)(C)C[C@]2(CCC=CCO2)C1. The Morgan fingerprint density at radius 3 is 2.73 bits per heavy atom. The third-order valence-electron chi connectivity index (χ3n) is 3.84. The molecule has 2 rings (SSSR count). The molecular formula is C14H24O. The maximum Gasteiger partial charge on any atom is 0.0697 e. The van der Waals surface area contributed by atoms with Gasteiger partial charge in [-0.15, -0.1) is 0 Å². The number of ether oxygens (including phenoxy) is 1. The standard InChI is InChI=1S/C14H24O/c1-12-9-13(2,3)11-14(10-12)7-5-4-6-8-15-14/h4,6,12H,5,7-11H2,1-3H3/t12-,14+/m1/s1. The molecule has 1 fully saturated rings. The summed E-state index contributed by atoms with van der Waals surface area (Å²) in [5.74, 6) is 0.812. The Hall–Kier alpha value is -0.300. The van der Waals surface area contributed by atoms with Gasteiger partial charge in [0.1, 0.15) is 0 Å². The molecule has 0 saturated heterocycles. The molecule has 2 atom stereocenters. The minimum Gasteiger partial charge on any atom is -0.371 e. The quantitative estimate of drug-likeness (QED) is 0.548. The number of rotatable bonds is 0. The monoisotopic (exact) mass is 208 g/mol. The van der Waals surface area contributed by atoms with Gasteiger partial charge in [-0.1, -0.05) is 32.9 Å². The molecule has 0 unspecified atom stereocenters. The lowest BCUT2D eigenvalue weighted by Gasteiger charge is -2.47. The topological polar surface area (TPSA) is 9.23 Å². The highest BCUT2D eigenvalue weighted by molar-refractivity contribution is 4.99. The highest BCUT2D eigenvalue weighted by Crippen LogP contribution is 2.48. The number of hydrogen-bond donors (Lipinski definition) is 0. The molecule has 2 aliphatic rings. The first kappa shape index (κ1) is 11.2. The molecule has 0 aromatic rings. The van der Waals surface area contributed by atoms with E-state index in [0.717, 1.165) is 12.5 Å². The smallest absolute Gasteiger partial charge is 0.0697 e. The Labute approximate surface area is 93.9 Å². The zero-order chi connectivity index (χ0) is 10.9. The average Bonchev–Trinajstić information content (AvgIpc) is 2.26. The molecule has 1 nitrogen and oxygen atoms in total. The predicted octanol–water partition coefficient (Wildman–Crippen LogP) is 3.94. The van der Waals surface area contributed by atoms with Crippen molar-refractivity contribution in [2.24, 2.45) is 11.3 Å². The minimum absolute atomic E-state index is 0.185. The van der Waals surface area contributed by atoms with Gasteiger partial charge in [0.2, 0.25) is 0 Å². The van der Waals surface area contributed by atoms with E-state index in [1.807, 2.05) is 0 Å². The van der Waals surface area contributed by atoms with Crippen LogP contribution >= 0.6 is 0 Å². The summed E-state index contributed by atoms with van der Waals surface area (Å²) < 4.78 is 6.15. The van der Waals surface area contributed by atoms with E-state index in [-0.39, 0.29) is 5.60 Å². The van der Waals surface area contributed by atoms with Crippen molar-refractivity contribution in [3.63, 3.8) is 0 Å². The number of hydrogen-bond acceptors (Lipinski definition) is 1. The van der Waals surface area contributed by atoms with Crippen LogP contribution in [-0.4, -0.2) is 12.2 Å². The van der Waals surface area contributed by atoms with Crippen LogP contribution in [0, 0.1) is 11.3 Å². The van der Waals surface area contributed by atoms with Crippen LogP contribution in [0.1, 0.15) is 52.9 Å². The van der Waals surface area contributed by atoms with Gasteiger partial charge < -0.3 is 4.74 Å². The van der Waals surface area contributed by atoms with Crippen molar-refractivity contribution in [3.05, 3.63) is 12.2 Å². The van der Waals surface area contributed by atoms with Crippen molar-refractivity contribution >= 4 is 0 Å². The third-order valence-corrected chi connectivity index (χ3v) is 3.84. The van der Waals surface area contributed by atoms with Gasteiger partial charge in [-0.25, -0.2) is 0 Å². The lowest BCUT2D eigenvalue weighted by molar-refractivity contribution is -0.104. The fourth-order valence-corrected chi connectivity index (χ4v) is 3.80. The van der Waals surface area contributed by atoms with Gasteiger partial charge in [0.25, 0.3) is 0 Å². The van der Waals surface area contributed by atoms with Crippen LogP contribution < -0.4 is 0 Å². The van der Waals surface area contributed by atoms with Gasteiger partial charge in [-0.2, -0.15) is 0 Å². The minimum atomic E-state index is 0.185. The predicted molar refractivity (Wildman–Crippen MR) is 63.9 cm³/mol. The summed E-state index contributed by atoms with van der Waals surface area (Å²) in [6, 6.07) is 0. The molecule has 15 heavy (non-hydrogen) atoms. The Kier molecular flexibility index (Phi) is 2.94. The maximum absolute atomic E-state index is 6.15. The summed E-state index contributed by atoms with van der Waals surface area (Å²) >= 11 is 0. The maximum atomic E-state index is 6.15. The van der Waals surface area contributed by atoms with Crippen LogP contribution in [0.15, 0.2) is 12.2 Å². The molecule has 0 N–H and O–H groups in total. The summed E-state index contributed by atoms with van der Waals surface area (Å²) in [5, 5.41) is 0. The molecule has 1 heteroatoms. The first-order valence-electron chi connectivity index (χ1n) is 6.30. The first-order chi connectivity index (χ1) is 7.02. The Balaban J connectivity index is 2.12. The molecule has 1 spiro atoms. The van der Waals surface area contributed by atoms with Gasteiger partial charge in [-0.3, -0.25) is 0 Å². The Bertz CT molecular complexity index is 242. The van der Waals surface area contributed by atoms with Gasteiger partial charge in [0.05, 0.1) is 12.2 Å². The first-order valence-corrected chi connectivity index (χ1v) is 6.30. The molecule has 1 heterocycles. The molecule has 1 saturated carbocycles. The van der Waals surface area contributed by atoms with Crippen molar-refractivity contribution in [2.75, 3.05) is 6.61 Å². The molecule has 0 amide bonds. The van der Waals surface area contributed by atoms with E-state index in [4.69, 9.17) is 4.74 Å². The summed E-state index contributed by atoms with van der Waals surface area (Å²) in [6.45, 7) is 7.99. The second-order valence-corrected chi connectivity index (χ2v) is 6.36. The van der Waals surface area contributed by atoms with Crippen LogP contribution in [0.3, 0.4) is 0 Å². The fraction of sp³-hybridized carbons (Fsp3) is 0.857. The van der Waals surface area contributed by atoms with E-state index in [0.29, 0.717) is 5.41 Å². The average molecular weight is 208 g/mol. The van der Waals surface area contributed by atoms with Crippen LogP contribution in [0.2, 0.25) is 0 Å². The summed E-state index contributed by atoms with van der Waals surface area (Å²) in [4.78, 5) is 0. The van der Waals surface area contributed by atoms with E-state index in [1.54, 1.807) is 0 Å². The zero-order valence-corrected chi connectivity index (χ0v) is 10.4. The Morgan fingerprint density at radius 1 is 1.20 bits per heavy atom. The third kappa shape index (κ3) is 2.63. The normalized spacial score (nSPS) is 40.3. The largest absolute Gasteiger partial charge is 0.371 e. The summed E-state index contributed by atoms with van der Waals surface area (Å²) in [7, 11) is 0. The molecule has 0 aromatic heterocycles. The summed E-state index contributed by atoms with van der Waals surface area (Å²) in [6.07, 6.45) is 10.7. The Morgan fingerprint density at radius 2 is 2.00 bits per heavy atom. The van der Waals surface area contributed by atoms with Crippen molar-refractivity contribution in [1.82, 2.24) is 0 Å². The lowest BCUT2D eigenvalue weighted by Crippen LogP contribution is -2.44. The highest BCUT2D eigenvalue weighted by atomic mass is 16.5. The molecule has 0 bridgehead atoms. The zero-order valence-electron chi connectivity index (χ0n) is 10.4. The van der Waals surface area contributed by atoms with Gasteiger partial charge in [-0.05, 0) is 43.4 Å². The fourth-order valence-electron chi connectivity index (χ4n) is 3.80. The van der Waals surface area contributed by atoms with E-state index in [9.17, 15) is 0 Å². The van der Waals surface area contributed by atoms with Crippen molar-refractivity contribution in [1.29, 1.82) is 0 Å².